The average Bonchev–Trinajstić information content (AvgIpc) is 2.67. The number of benzene rings is 2. The molecule has 0 saturated heterocycles. The molecule has 0 unspecified atom stereocenters. The van der Waals surface area contributed by atoms with Crippen LogP contribution in [0.2, 0.25) is 0 Å². The van der Waals surface area contributed by atoms with Crippen molar-refractivity contribution in [2.75, 3.05) is 0 Å². The summed E-state index contributed by atoms with van der Waals surface area (Å²) in [5.74, 6) is 1.35. The first-order valence-corrected chi connectivity index (χ1v) is 9.38. The Morgan fingerprint density at radius 2 is 1.68 bits per heavy atom. The quantitative estimate of drug-likeness (QED) is 0.530. The summed E-state index contributed by atoms with van der Waals surface area (Å²) in [6.07, 6.45) is 0.111. The first-order valence-electron chi connectivity index (χ1n) is 9.38. The van der Waals surface area contributed by atoms with Crippen LogP contribution >= 0.6 is 0 Å². The van der Waals surface area contributed by atoms with Crippen molar-refractivity contribution in [3.8, 4) is 17.2 Å². The van der Waals surface area contributed by atoms with Gasteiger partial charge in [-0.3, -0.25) is 4.98 Å². The number of aliphatic hydroxyl groups is 2. The molecule has 3 aromatic rings. The molecule has 0 fully saturated rings. The Balaban J connectivity index is 1.92. The Bertz CT molecular complexity index is 939. The van der Waals surface area contributed by atoms with Gasteiger partial charge in [-0.15, -0.1) is 0 Å². The fourth-order valence-corrected chi connectivity index (χ4v) is 3.22. The molecule has 0 aliphatic heterocycles. The van der Waals surface area contributed by atoms with Crippen LogP contribution in [0, 0.1) is 6.92 Å². The van der Waals surface area contributed by atoms with E-state index in [0.717, 1.165) is 23.5 Å². The number of aromatic hydroxyl groups is 1. The monoisotopic (exact) mass is 379 g/mol. The van der Waals surface area contributed by atoms with Crippen molar-refractivity contribution in [2.24, 2.45) is 0 Å². The summed E-state index contributed by atoms with van der Waals surface area (Å²) in [4.78, 5) is 4.60. The van der Waals surface area contributed by atoms with Crippen molar-refractivity contribution in [1.29, 1.82) is 0 Å². The van der Waals surface area contributed by atoms with Crippen molar-refractivity contribution in [1.82, 2.24) is 4.98 Å². The van der Waals surface area contributed by atoms with Crippen LogP contribution in [0.3, 0.4) is 0 Å². The van der Waals surface area contributed by atoms with E-state index in [0.29, 0.717) is 29.8 Å². The highest BCUT2D eigenvalue weighted by Crippen LogP contribution is 2.33. The molecule has 0 radical (unpaired) electrons. The molecule has 146 valence electrons. The van der Waals surface area contributed by atoms with Crippen LogP contribution in [0.5, 0.6) is 17.2 Å². The fourth-order valence-electron chi connectivity index (χ4n) is 3.22. The van der Waals surface area contributed by atoms with Crippen molar-refractivity contribution >= 4 is 0 Å². The molecule has 0 spiro atoms. The van der Waals surface area contributed by atoms with E-state index in [1.807, 2.05) is 61.5 Å². The smallest absolute Gasteiger partial charge is 0.182 e. The minimum atomic E-state index is -1.75. The first-order chi connectivity index (χ1) is 13.5. The van der Waals surface area contributed by atoms with Crippen LogP contribution < -0.4 is 4.74 Å². The average molecular weight is 379 g/mol. The van der Waals surface area contributed by atoms with Crippen LogP contribution in [0.15, 0.2) is 54.6 Å². The summed E-state index contributed by atoms with van der Waals surface area (Å²) in [5.41, 5.74) is 2.89. The molecule has 3 N–H and O–H groups in total. The largest absolute Gasteiger partial charge is 0.506 e. The molecule has 28 heavy (non-hydrogen) atoms. The molecule has 0 aliphatic rings. The standard InChI is InChI=1S/C23H25NO4/c1-3-8-19-22(25)21(23(26)27)15(2)20(24-19)14-16-9-7-12-18(13-16)28-17-10-5-4-6-11-17/h4-7,9-13,23,25-27H,3,8,14H2,1-2H3. The van der Waals surface area contributed by atoms with Gasteiger partial charge in [0, 0.05) is 12.1 Å². The predicted molar refractivity (Wildman–Crippen MR) is 108 cm³/mol. The summed E-state index contributed by atoms with van der Waals surface area (Å²) in [6, 6.07) is 17.3. The summed E-state index contributed by atoms with van der Waals surface area (Å²) in [6.45, 7) is 3.73. The maximum absolute atomic E-state index is 10.4. The second kappa shape index (κ2) is 8.87. The van der Waals surface area contributed by atoms with Crippen molar-refractivity contribution in [3.63, 3.8) is 0 Å². The fraction of sp³-hybridized carbons (Fsp3) is 0.261. The van der Waals surface area contributed by atoms with E-state index >= 15 is 0 Å². The third-order valence-corrected chi connectivity index (χ3v) is 4.63. The molecule has 0 saturated carbocycles. The molecule has 0 aliphatic carbocycles. The maximum Gasteiger partial charge on any atom is 0.182 e. The van der Waals surface area contributed by atoms with Gasteiger partial charge in [0.15, 0.2) is 6.29 Å². The molecule has 0 atom stereocenters. The van der Waals surface area contributed by atoms with Crippen LogP contribution in [0.1, 0.15) is 47.7 Å². The lowest BCUT2D eigenvalue weighted by atomic mass is 9.98. The molecule has 5 nitrogen and oxygen atoms in total. The number of aliphatic hydroxyl groups excluding tert-OH is 1. The SMILES string of the molecule is CCCc1nc(Cc2cccc(Oc3ccccc3)c2)c(C)c(C(O)O)c1O. The molecule has 3 rings (SSSR count). The Kier molecular flexibility index (Phi) is 6.29. The number of rotatable bonds is 7. The maximum atomic E-state index is 10.4. The highest BCUT2D eigenvalue weighted by molar-refractivity contribution is 5.46. The van der Waals surface area contributed by atoms with Crippen molar-refractivity contribution < 1.29 is 20.1 Å². The lowest BCUT2D eigenvalue weighted by molar-refractivity contribution is -0.0445. The Labute approximate surface area is 164 Å². The minimum Gasteiger partial charge on any atom is -0.506 e. The van der Waals surface area contributed by atoms with Crippen LogP contribution in [-0.2, 0) is 12.8 Å². The van der Waals surface area contributed by atoms with Crippen molar-refractivity contribution in [2.45, 2.75) is 39.4 Å². The number of para-hydroxylation sites is 1. The molecule has 5 heteroatoms. The Morgan fingerprint density at radius 3 is 2.36 bits per heavy atom. The number of hydrogen-bond donors (Lipinski definition) is 3. The van der Waals surface area contributed by atoms with E-state index < -0.39 is 6.29 Å². The predicted octanol–water partition coefficient (Wildman–Crippen LogP) is 4.41. The van der Waals surface area contributed by atoms with Crippen LogP contribution in [0.25, 0.3) is 0 Å². The van der Waals surface area contributed by atoms with Crippen LogP contribution in [-0.4, -0.2) is 20.3 Å². The van der Waals surface area contributed by atoms with Gasteiger partial charge in [0.05, 0.1) is 11.3 Å². The number of aromatic nitrogens is 1. The lowest BCUT2D eigenvalue weighted by Gasteiger charge is -2.17. The van der Waals surface area contributed by atoms with Gasteiger partial charge in [0.25, 0.3) is 0 Å². The number of pyridine rings is 1. The second-order valence-corrected chi connectivity index (χ2v) is 6.76. The molecule has 0 amide bonds. The topological polar surface area (TPSA) is 82.8 Å². The summed E-state index contributed by atoms with van der Waals surface area (Å²) in [5, 5.41) is 29.8. The van der Waals surface area contributed by atoms with Gasteiger partial charge in [-0.05, 0) is 48.7 Å². The summed E-state index contributed by atoms with van der Waals surface area (Å²) in [7, 11) is 0. The van der Waals surface area contributed by atoms with Crippen molar-refractivity contribution in [3.05, 3.63) is 82.7 Å². The molecule has 1 heterocycles. The van der Waals surface area contributed by atoms with Gasteiger partial charge in [0.1, 0.15) is 17.2 Å². The van der Waals surface area contributed by atoms with Gasteiger partial charge in [-0.1, -0.05) is 43.7 Å². The van der Waals surface area contributed by atoms with E-state index in [4.69, 9.17) is 4.74 Å². The number of aryl methyl sites for hydroxylation is 1. The third-order valence-electron chi connectivity index (χ3n) is 4.63. The van der Waals surface area contributed by atoms with Crippen LogP contribution in [0.4, 0.5) is 0 Å². The van der Waals surface area contributed by atoms with E-state index in [1.165, 1.54) is 0 Å². The number of nitrogens with zero attached hydrogens (tertiary/aromatic N) is 1. The zero-order chi connectivity index (χ0) is 20.1. The van der Waals surface area contributed by atoms with E-state index in [9.17, 15) is 15.3 Å². The number of hydrogen-bond acceptors (Lipinski definition) is 5. The first kappa shape index (κ1) is 19.9. The zero-order valence-electron chi connectivity index (χ0n) is 16.1. The zero-order valence-corrected chi connectivity index (χ0v) is 16.1. The minimum absolute atomic E-state index is 0.126. The molecular weight excluding hydrogens is 354 g/mol. The molecule has 1 aromatic heterocycles. The second-order valence-electron chi connectivity index (χ2n) is 6.76. The van der Waals surface area contributed by atoms with Gasteiger partial charge in [0.2, 0.25) is 0 Å². The van der Waals surface area contributed by atoms with Gasteiger partial charge < -0.3 is 20.1 Å². The van der Waals surface area contributed by atoms with E-state index in [2.05, 4.69) is 4.98 Å². The molecular formula is C23H25NO4. The summed E-state index contributed by atoms with van der Waals surface area (Å²) >= 11 is 0. The third kappa shape index (κ3) is 4.50. The lowest BCUT2D eigenvalue weighted by Crippen LogP contribution is -2.09. The van der Waals surface area contributed by atoms with E-state index in [1.54, 1.807) is 6.92 Å². The Hall–Kier alpha value is -2.89. The van der Waals surface area contributed by atoms with Gasteiger partial charge in [-0.2, -0.15) is 0 Å². The summed E-state index contributed by atoms with van der Waals surface area (Å²) < 4.78 is 5.89. The van der Waals surface area contributed by atoms with Gasteiger partial charge in [-0.25, -0.2) is 0 Å². The normalized spacial score (nSPS) is 11.0. The highest BCUT2D eigenvalue weighted by atomic mass is 16.5. The van der Waals surface area contributed by atoms with E-state index in [-0.39, 0.29) is 11.3 Å². The molecule has 2 aromatic carbocycles. The highest BCUT2D eigenvalue weighted by Gasteiger charge is 2.20. The van der Waals surface area contributed by atoms with Gasteiger partial charge >= 0.3 is 0 Å². The number of ether oxygens (including phenoxy) is 1. The molecule has 0 bridgehead atoms. The Morgan fingerprint density at radius 1 is 0.964 bits per heavy atom.